The maximum absolute atomic E-state index is 6.03. The van der Waals surface area contributed by atoms with Gasteiger partial charge in [-0.3, -0.25) is 0 Å². The maximum atomic E-state index is 6.03. The van der Waals surface area contributed by atoms with Crippen LogP contribution in [-0.2, 0) is 4.43 Å². The van der Waals surface area contributed by atoms with Crippen LogP contribution in [0.15, 0.2) is 12.3 Å². The van der Waals surface area contributed by atoms with Crippen LogP contribution in [0.3, 0.4) is 0 Å². The predicted molar refractivity (Wildman–Crippen MR) is 118 cm³/mol. The predicted octanol–water partition coefficient (Wildman–Crippen LogP) is 8.58. The molecule has 0 saturated carbocycles. The van der Waals surface area contributed by atoms with E-state index >= 15 is 0 Å². The van der Waals surface area contributed by atoms with E-state index in [2.05, 4.69) is 26.1 Å². The average Bonchev–Trinajstić information content (AvgIpc) is 2.64. The fraction of sp³-hybridized carbons (Fsp3) is 0.913. The SMILES string of the molecule is C=C[Si](CCCCCCCCCC)(CCCCCCCCCC)OC. The second-order valence-electron chi connectivity index (χ2n) is 7.92. The first-order valence-electron chi connectivity index (χ1n) is 11.4. The van der Waals surface area contributed by atoms with Gasteiger partial charge in [0.05, 0.1) is 0 Å². The molecule has 0 aromatic carbocycles. The van der Waals surface area contributed by atoms with Gasteiger partial charge in [-0.1, -0.05) is 122 Å². The molecule has 0 saturated heterocycles. The number of hydrogen-bond acceptors (Lipinski definition) is 1. The fourth-order valence-corrected chi connectivity index (χ4v) is 6.66. The zero-order valence-corrected chi connectivity index (χ0v) is 18.9. The number of rotatable bonds is 20. The Labute approximate surface area is 161 Å². The fourth-order valence-electron chi connectivity index (χ4n) is 3.73. The minimum Gasteiger partial charge on any atom is -0.416 e. The lowest BCUT2D eigenvalue weighted by Gasteiger charge is -2.26. The Morgan fingerprint density at radius 3 is 1.20 bits per heavy atom. The van der Waals surface area contributed by atoms with Crippen LogP contribution in [-0.4, -0.2) is 15.4 Å². The number of unbranched alkanes of at least 4 members (excludes halogenated alkanes) is 14. The van der Waals surface area contributed by atoms with Crippen molar-refractivity contribution in [1.82, 2.24) is 0 Å². The van der Waals surface area contributed by atoms with E-state index in [1.54, 1.807) is 0 Å². The zero-order valence-electron chi connectivity index (χ0n) is 17.9. The lowest BCUT2D eigenvalue weighted by atomic mass is 10.1. The molecule has 0 spiro atoms. The summed E-state index contributed by atoms with van der Waals surface area (Å²) in [5.41, 5.74) is 2.22. The van der Waals surface area contributed by atoms with Crippen molar-refractivity contribution in [3.8, 4) is 0 Å². The Kier molecular flexibility index (Phi) is 18.6. The van der Waals surface area contributed by atoms with Crippen molar-refractivity contribution in [1.29, 1.82) is 0 Å². The zero-order chi connectivity index (χ0) is 18.6. The Bertz CT molecular complexity index is 257. The highest BCUT2D eigenvalue weighted by Crippen LogP contribution is 2.25. The highest BCUT2D eigenvalue weighted by atomic mass is 28.4. The van der Waals surface area contributed by atoms with Crippen LogP contribution in [0.25, 0.3) is 0 Å². The van der Waals surface area contributed by atoms with Gasteiger partial charge in [-0.25, -0.2) is 0 Å². The standard InChI is InChI=1S/C23H48OSi/c1-5-8-10-12-14-16-18-20-22-25(7-3,24-4)23-21-19-17-15-13-11-9-6-2/h7H,3,5-6,8-23H2,1-2,4H3. The third-order valence-electron chi connectivity index (χ3n) is 5.69. The first-order valence-corrected chi connectivity index (χ1v) is 13.8. The second-order valence-corrected chi connectivity index (χ2v) is 11.9. The Balaban J connectivity index is 3.72. The minimum atomic E-state index is -1.64. The molecule has 0 aromatic rings. The molecule has 0 radical (unpaired) electrons. The van der Waals surface area contributed by atoms with Crippen molar-refractivity contribution in [2.75, 3.05) is 7.11 Å². The maximum Gasteiger partial charge on any atom is 0.216 e. The molecule has 25 heavy (non-hydrogen) atoms. The van der Waals surface area contributed by atoms with Crippen molar-refractivity contribution in [2.24, 2.45) is 0 Å². The molecule has 0 amide bonds. The van der Waals surface area contributed by atoms with Crippen LogP contribution in [0.1, 0.15) is 117 Å². The van der Waals surface area contributed by atoms with E-state index in [0.717, 1.165) is 0 Å². The highest BCUT2D eigenvalue weighted by Gasteiger charge is 2.28. The molecule has 0 rings (SSSR count). The van der Waals surface area contributed by atoms with Gasteiger partial charge >= 0.3 is 0 Å². The van der Waals surface area contributed by atoms with Crippen LogP contribution < -0.4 is 0 Å². The van der Waals surface area contributed by atoms with Gasteiger partial charge < -0.3 is 4.43 Å². The molecular weight excluding hydrogens is 320 g/mol. The van der Waals surface area contributed by atoms with Crippen LogP contribution in [0, 0.1) is 0 Å². The van der Waals surface area contributed by atoms with Gasteiger partial charge in [-0.05, 0) is 12.1 Å². The molecule has 0 bridgehead atoms. The van der Waals surface area contributed by atoms with E-state index in [0.29, 0.717) is 0 Å². The molecule has 0 fully saturated rings. The first-order chi connectivity index (χ1) is 12.2. The molecule has 0 atom stereocenters. The van der Waals surface area contributed by atoms with Crippen molar-refractivity contribution in [3.05, 3.63) is 12.3 Å². The Morgan fingerprint density at radius 1 is 0.600 bits per heavy atom. The summed E-state index contributed by atoms with van der Waals surface area (Å²) in [7, 11) is 0.292. The topological polar surface area (TPSA) is 9.23 Å². The van der Waals surface area contributed by atoms with E-state index in [4.69, 9.17) is 4.43 Å². The van der Waals surface area contributed by atoms with Crippen molar-refractivity contribution in [2.45, 2.75) is 129 Å². The van der Waals surface area contributed by atoms with Crippen LogP contribution in [0.5, 0.6) is 0 Å². The summed E-state index contributed by atoms with van der Waals surface area (Å²) in [5, 5.41) is 0. The van der Waals surface area contributed by atoms with Crippen LogP contribution >= 0.6 is 0 Å². The first kappa shape index (κ1) is 24.9. The lowest BCUT2D eigenvalue weighted by molar-refractivity contribution is 0.395. The summed E-state index contributed by atoms with van der Waals surface area (Å²) >= 11 is 0. The summed E-state index contributed by atoms with van der Waals surface area (Å²) in [6.07, 6.45) is 22.4. The van der Waals surface area contributed by atoms with Crippen LogP contribution in [0.2, 0.25) is 12.1 Å². The normalized spacial score (nSPS) is 11.8. The van der Waals surface area contributed by atoms with Crippen molar-refractivity contribution in [3.63, 3.8) is 0 Å². The molecule has 0 N–H and O–H groups in total. The molecule has 150 valence electrons. The molecule has 2 heteroatoms. The van der Waals surface area contributed by atoms with Gasteiger partial charge in [0.15, 0.2) is 0 Å². The molecular formula is C23H48OSi. The summed E-state index contributed by atoms with van der Waals surface area (Å²) in [6.45, 7) is 8.72. The lowest BCUT2D eigenvalue weighted by Crippen LogP contribution is -2.34. The smallest absolute Gasteiger partial charge is 0.216 e. The summed E-state index contributed by atoms with van der Waals surface area (Å²) in [5.74, 6) is 0. The Morgan fingerprint density at radius 2 is 0.920 bits per heavy atom. The molecule has 0 aliphatic rings. The molecule has 0 heterocycles. The Hall–Kier alpha value is -0.0831. The number of hydrogen-bond donors (Lipinski definition) is 0. The molecule has 0 aliphatic carbocycles. The van der Waals surface area contributed by atoms with Gasteiger partial charge in [-0.2, -0.15) is 0 Å². The summed E-state index contributed by atoms with van der Waals surface area (Å²) in [4.78, 5) is 0. The quantitative estimate of drug-likeness (QED) is 0.154. The molecule has 0 aliphatic heterocycles. The largest absolute Gasteiger partial charge is 0.416 e. The van der Waals surface area contributed by atoms with Gasteiger partial charge in [0.25, 0.3) is 0 Å². The minimum absolute atomic E-state index is 1.29. The summed E-state index contributed by atoms with van der Waals surface area (Å²) < 4.78 is 6.03. The third-order valence-corrected chi connectivity index (χ3v) is 9.64. The van der Waals surface area contributed by atoms with E-state index in [9.17, 15) is 0 Å². The van der Waals surface area contributed by atoms with Gasteiger partial charge in [0.1, 0.15) is 0 Å². The van der Waals surface area contributed by atoms with E-state index in [-0.39, 0.29) is 0 Å². The van der Waals surface area contributed by atoms with E-state index in [1.165, 1.54) is 115 Å². The average molecular weight is 369 g/mol. The third kappa shape index (κ3) is 14.7. The van der Waals surface area contributed by atoms with Gasteiger partial charge in [-0.15, -0.1) is 6.58 Å². The monoisotopic (exact) mass is 368 g/mol. The second kappa shape index (κ2) is 18.7. The summed E-state index contributed by atoms with van der Waals surface area (Å²) in [6, 6.07) is 2.58. The molecule has 0 unspecified atom stereocenters. The van der Waals surface area contributed by atoms with E-state index in [1.807, 2.05) is 7.11 Å². The molecule has 1 nitrogen and oxygen atoms in total. The highest BCUT2D eigenvalue weighted by molar-refractivity contribution is 6.78. The van der Waals surface area contributed by atoms with Gasteiger partial charge in [0, 0.05) is 7.11 Å². The molecule has 0 aromatic heterocycles. The van der Waals surface area contributed by atoms with Gasteiger partial charge in [0.2, 0.25) is 8.32 Å². The van der Waals surface area contributed by atoms with Crippen molar-refractivity contribution >= 4 is 8.32 Å². The van der Waals surface area contributed by atoms with Crippen molar-refractivity contribution < 1.29 is 4.43 Å². The van der Waals surface area contributed by atoms with Crippen LogP contribution in [0.4, 0.5) is 0 Å². The van der Waals surface area contributed by atoms with E-state index < -0.39 is 8.32 Å².